The van der Waals surface area contributed by atoms with E-state index in [2.05, 4.69) is 0 Å². The molecule has 162 valence electrons. The van der Waals surface area contributed by atoms with E-state index in [1.54, 1.807) is 29.0 Å². The van der Waals surface area contributed by atoms with Gasteiger partial charge in [-0.3, -0.25) is 9.59 Å². The van der Waals surface area contributed by atoms with E-state index in [9.17, 15) is 9.59 Å². The summed E-state index contributed by atoms with van der Waals surface area (Å²) in [4.78, 5) is 29.5. The third-order valence-corrected chi connectivity index (χ3v) is 6.40. The highest BCUT2D eigenvalue weighted by Crippen LogP contribution is 2.44. The van der Waals surface area contributed by atoms with Gasteiger partial charge in [-0.15, -0.1) is 0 Å². The van der Waals surface area contributed by atoms with E-state index in [0.29, 0.717) is 55.1 Å². The zero-order valence-corrected chi connectivity index (χ0v) is 17.5. The molecule has 1 spiro atoms. The van der Waals surface area contributed by atoms with Crippen molar-refractivity contribution in [3.05, 3.63) is 54.1 Å². The number of benzene rings is 1. The van der Waals surface area contributed by atoms with E-state index in [0.717, 1.165) is 12.1 Å². The molecule has 8 nitrogen and oxygen atoms in total. The van der Waals surface area contributed by atoms with E-state index in [4.69, 9.17) is 20.3 Å². The van der Waals surface area contributed by atoms with Gasteiger partial charge >= 0.3 is 0 Å². The predicted molar refractivity (Wildman–Crippen MR) is 117 cm³/mol. The fraction of sp³-hybridized carbons (Fsp3) is 0.348. The highest BCUT2D eigenvalue weighted by atomic mass is 16.5. The van der Waals surface area contributed by atoms with Gasteiger partial charge in [-0.05, 0) is 43.5 Å². The first-order valence-electron chi connectivity index (χ1n) is 10.3. The van der Waals surface area contributed by atoms with Crippen LogP contribution >= 0.6 is 0 Å². The summed E-state index contributed by atoms with van der Waals surface area (Å²) in [6.45, 7) is 1.69. The molecule has 3 heterocycles. The van der Waals surface area contributed by atoms with Crippen molar-refractivity contribution in [1.82, 2.24) is 4.90 Å². The second-order valence-corrected chi connectivity index (χ2v) is 7.91. The first-order chi connectivity index (χ1) is 15.0. The molecule has 0 radical (unpaired) electrons. The number of methoxy groups -OCH3 is 1. The Morgan fingerprint density at radius 2 is 1.97 bits per heavy atom. The lowest BCUT2D eigenvalue weighted by Crippen LogP contribution is -2.46. The van der Waals surface area contributed by atoms with Crippen molar-refractivity contribution in [3.63, 3.8) is 0 Å². The van der Waals surface area contributed by atoms with E-state index >= 15 is 0 Å². The summed E-state index contributed by atoms with van der Waals surface area (Å²) in [5.41, 5.74) is 7.18. The van der Waals surface area contributed by atoms with Crippen molar-refractivity contribution in [3.8, 4) is 5.75 Å². The Labute approximate surface area is 180 Å². The maximum absolute atomic E-state index is 13.4. The lowest BCUT2D eigenvalue weighted by atomic mass is 9.77. The Bertz CT molecular complexity index is 1020. The van der Waals surface area contributed by atoms with Crippen LogP contribution in [0.25, 0.3) is 5.57 Å². The molecule has 2 aromatic rings. The first-order valence-corrected chi connectivity index (χ1v) is 10.3. The van der Waals surface area contributed by atoms with Crippen LogP contribution in [0.15, 0.2) is 47.2 Å². The molecule has 31 heavy (non-hydrogen) atoms. The minimum Gasteiger partial charge on any atom is -0.496 e. The summed E-state index contributed by atoms with van der Waals surface area (Å²) >= 11 is 0. The monoisotopic (exact) mass is 422 g/mol. The number of nitrogens with one attached hydrogen (secondary N) is 1. The van der Waals surface area contributed by atoms with Gasteiger partial charge in [0.2, 0.25) is 5.91 Å². The quantitative estimate of drug-likeness (QED) is 0.720. The van der Waals surface area contributed by atoms with E-state index in [1.807, 2.05) is 18.2 Å². The van der Waals surface area contributed by atoms with E-state index in [-0.39, 0.29) is 11.8 Å². The molecule has 2 fully saturated rings. The fourth-order valence-corrected chi connectivity index (χ4v) is 4.53. The van der Waals surface area contributed by atoms with Gasteiger partial charge in [-0.2, -0.15) is 0 Å². The van der Waals surface area contributed by atoms with Crippen molar-refractivity contribution in [2.24, 2.45) is 11.1 Å². The number of nitrogens with zero attached hydrogens (tertiary/aromatic N) is 2. The molecule has 4 rings (SSSR count). The molecule has 0 bridgehead atoms. The Morgan fingerprint density at radius 3 is 2.58 bits per heavy atom. The Kier molecular flexibility index (Phi) is 5.54. The predicted octanol–water partition coefficient (Wildman–Crippen LogP) is 2.90. The van der Waals surface area contributed by atoms with Gasteiger partial charge in [-0.25, -0.2) is 0 Å². The van der Waals surface area contributed by atoms with Crippen LogP contribution in [0.2, 0.25) is 0 Å². The van der Waals surface area contributed by atoms with Gasteiger partial charge < -0.3 is 30.1 Å². The van der Waals surface area contributed by atoms with Crippen LogP contribution in [0.5, 0.6) is 5.75 Å². The third-order valence-electron chi connectivity index (χ3n) is 6.40. The maximum Gasteiger partial charge on any atom is 0.289 e. The normalized spacial score (nSPS) is 18.5. The summed E-state index contributed by atoms with van der Waals surface area (Å²) in [5.74, 6) is 0.857. The second-order valence-electron chi connectivity index (χ2n) is 7.91. The van der Waals surface area contributed by atoms with Gasteiger partial charge in [0.1, 0.15) is 5.75 Å². The summed E-state index contributed by atoms with van der Waals surface area (Å²) in [6.07, 6.45) is 6.05. The minimum atomic E-state index is -0.441. The highest BCUT2D eigenvalue weighted by molar-refractivity contribution is 6.09. The van der Waals surface area contributed by atoms with E-state index < -0.39 is 5.41 Å². The number of rotatable bonds is 5. The summed E-state index contributed by atoms with van der Waals surface area (Å²) < 4.78 is 10.7. The molecule has 2 saturated heterocycles. The number of amides is 2. The number of hydrogen-bond donors (Lipinski definition) is 2. The van der Waals surface area contributed by atoms with Gasteiger partial charge in [0.05, 0.1) is 18.8 Å². The SMILES string of the molecule is COc1cc(N2CCC3(CCN(C(=O)c4ccco4)CC3)C2=O)ccc1/C(C=N)=C/N. The molecular weight excluding hydrogens is 396 g/mol. The fourth-order valence-electron chi connectivity index (χ4n) is 4.53. The number of anilines is 1. The highest BCUT2D eigenvalue weighted by Gasteiger charge is 2.49. The molecule has 0 saturated carbocycles. The molecule has 2 amide bonds. The third kappa shape index (κ3) is 3.58. The number of piperidine rings is 1. The average molecular weight is 422 g/mol. The molecule has 0 atom stereocenters. The van der Waals surface area contributed by atoms with Crippen molar-refractivity contribution < 1.29 is 18.7 Å². The van der Waals surface area contributed by atoms with Gasteiger partial charge in [0, 0.05) is 54.9 Å². The lowest BCUT2D eigenvalue weighted by Gasteiger charge is -2.37. The molecule has 2 aliphatic rings. The van der Waals surface area contributed by atoms with Gasteiger partial charge in [-0.1, -0.05) is 0 Å². The largest absolute Gasteiger partial charge is 0.496 e. The first kappa shape index (κ1) is 20.7. The molecule has 2 aliphatic heterocycles. The average Bonchev–Trinajstić information content (AvgIpc) is 3.45. The van der Waals surface area contributed by atoms with Crippen LogP contribution in [0, 0.1) is 10.8 Å². The Morgan fingerprint density at radius 1 is 1.23 bits per heavy atom. The molecule has 8 heteroatoms. The number of ether oxygens (including phenoxy) is 1. The second kappa shape index (κ2) is 8.29. The molecular formula is C23H26N4O4. The summed E-state index contributed by atoms with van der Waals surface area (Å²) in [6, 6.07) is 8.86. The van der Waals surface area contributed by atoms with Crippen LogP contribution in [-0.2, 0) is 4.79 Å². The molecule has 0 aliphatic carbocycles. The number of likely N-dealkylation sites (tertiary alicyclic amines) is 1. The lowest BCUT2D eigenvalue weighted by molar-refractivity contribution is -0.127. The Hall–Kier alpha value is -3.55. The standard InChI is InChI=1S/C23H26N4O4/c1-30-20-13-17(4-5-18(20)16(14-24)15-25)27-11-8-23(22(27)29)6-9-26(10-7-23)21(28)19-3-2-12-31-19/h2-5,12-15,24H,6-11,25H2,1H3/b16-15+,24-14?. The molecule has 1 aromatic heterocycles. The molecule has 1 aromatic carbocycles. The number of carbonyl (C=O) groups excluding carboxylic acids is 2. The maximum atomic E-state index is 13.4. The number of hydrogen-bond acceptors (Lipinski definition) is 6. The van der Waals surface area contributed by atoms with Crippen LogP contribution in [0.1, 0.15) is 35.4 Å². The summed E-state index contributed by atoms with van der Waals surface area (Å²) in [5, 5.41) is 7.52. The van der Waals surface area contributed by atoms with Gasteiger partial charge in [0.25, 0.3) is 5.91 Å². The number of carbonyl (C=O) groups is 2. The van der Waals surface area contributed by atoms with Crippen molar-refractivity contribution in [2.45, 2.75) is 19.3 Å². The smallest absolute Gasteiger partial charge is 0.289 e. The van der Waals surface area contributed by atoms with Crippen LogP contribution in [0.3, 0.4) is 0 Å². The van der Waals surface area contributed by atoms with E-state index in [1.165, 1.54) is 18.7 Å². The zero-order valence-electron chi connectivity index (χ0n) is 17.5. The topological polar surface area (TPSA) is 113 Å². The molecule has 0 unspecified atom stereocenters. The molecule has 3 N–H and O–H groups in total. The van der Waals surface area contributed by atoms with Gasteiger partial charge in [0.15, 0.2) is 5.76 Å². The number of furan rings is 1. The van der Waals surface area contributed by atoms with Crippen LogP contribution in [0.4, 0.5) is 5.69 Å². The Balaban J connectivity index is 1.50. The summed E-state index contributed by atoms with van der Waals surface area (Å²) in [7, 11) is 1.56. The number of nitrogens with two attached hydrogens (primary N) is 1. The number of allylic oxidation sites excluding steroid dienone is 1. The van der Waals surface area contributed by atoms with Crippen molar-refractivity contribution in [2.75, 3.05) is 31.6 Å². The minimum absolute atomic E-state index is 0.0917. The zero-order chi connectivity index (χ0) is 22.0. The van der Waals surface area contributed by atoms with Crippen LogP contribution in [-0.4, -0.2) is 49.7 Å². The van der Waals surface area contributed by atoms with Crippen molar-refractivity contribution in [1.29, 1.82) is 5.41 Å². The van der Waals surface area contributed by atoms with Crippen molar-refractivity contribution >= 4 is 29.3 Å². The van der Waals surface area contributed by atoms with Crippen LogP contribution < -0.4 is 15.4 Å².